The second-order valence-electron chi connectivity index (χ2n) is 2.29. The molecule has 0 atom stereocenters. The average Bonchev–Trinajstić information content (AvgIpc) is 2.08. The summed E-state index contributed by atoms with van der Waals surface area (Å²) in [6.45, 7) is 0. The molecule has 1 rings (SSSR count). The number of pyridine rings is 1. The summed E-state index contributed by atoms with van der Waals surface area (Å²) in [5.41, 5.74) is -1.56. The minimum absolute atomic E-state index is 0.559. The Labute approximate surface area is 84.7 Å². The number of nitrogens with zero attached hydrogens (tertiary/aromatic N) is 1. The number of hydrogen-bond donors (Lipinski definition) is 1. The van der Waals surface area contributed by atoms with Gasteiger partial charge in [-0.1, -0.05) is 0 Å². The van der Waals surface area contributed by atoms with Crippen LogP contribution in [-0.2, 0) is 0 Å². The largest absolute Gasteiger partial charge is 0.478 e. The molecule has 0 unspecified atom stereocenters. The number of halogens is 4. The molecule has 0 radical (unpaired) electrons. The Morgan fingerprint density at radius 3 is 2.57 bits per heavy atom. The maximum absolute atomic E-state index is 13.1. The third-order valence-electron chi connectivity index (χ3n) is 1.42. The van der Waals surface area contributed by atoms with Crippen LogP contribution >= 0.6 is 15.9 Å². The van der Waals surface area contributed by atoms with Crippen molar-refractivity contribution in [2.24, 2.45) is 0 Å². The van der Waals surface area contributed by atoms with Gasteiger partial charge in [-0.25, -0.2) is 18.0 Å². The van der Waals surface area contributed by atoms with Gasteiger partial charge in [0, 0.05) is 6.20 Å². The molecule has 0 aliphatic rings. The molecule has 3 nitrogen and oxygen atoms in total. The van der Waals surface area contributed by atoms with Crippen molar-refractivity contribution in [3.05, 3.63) is 27.7 Å². The molecule has 1 heterocycles. The van der Waals surface area contributed by atoms with E-state index < -0.39 is 33.9 Å². The molecule has 1 aromatic rings. The fraction of sp³-hybridized carbons (Fsp3) is 0.143. The molecule has 0 fully saturated rings. The Balaban J connectivity index is 3.33. The van der Waals surface area contributed by atoms with Crippen LogP contribution in [-0.4, -0.2) is 16.1 Å². The zero-order valence-electron chi connectivity index (χ0n) is 6.47. The van der Waals surface area contributed by atoms with Crippen molar-refractivity contribution < 1.29 is 23.1 Å². The number of rotatable bonds is 2. The Morgan fingerprint density at radius 2 is 2.14 bits per heavy atom. The molecule has 0 saturated carbocycles. The smallest absolute Gasteiger partial charge is 0.340 e. The van der Waals surface area contributed by atoms with E-state index >= 15 is 0 Å². The highest BCUT2D eigenvalue weighted by atomic mass is 79.9. The van der Waals surface area contributed by atoms with Gasteiger partial charge in [-0.05, 0) is 15.9 Å². The normalized spacial score (nSPS) is 10.6. The van der Waals surface area contributed by atoms with E-state index in [0.29, 0.717) is 6.20 Å². The number of carbonyl (C=O) groups is 1. The van der Waals surface area contributed by atoms with E-state index in [1.807, 2.05) is 0 Å². The van der Waals surface area contributed by atoms with Gasteiger partial charge < -0.3 is 5.11 Å². The molecule has 0 bridgehead atoms. The Kier molecular flexibility index (Phi) is 3.10. The zero-order valence-corrected chi connectivity index (χ0v) is 8.06. The molecule has 76 valence electrons. The second kappa shape index (κ2) is 3.95. The fourth-order valence-corrected chi connectivity index (χ4v) is 1.27. The molecule has 0 aliphatic carbocycles. The lowest BCUT2D eigenvalue weighted by Gasteiger charge is -2.04. The van der Waals surface area contributed by atoms with Gasteiger partial charge in [0.25, 0.3) is 6.43 Å². The number of carboxylic acid groups (broad SMARTS) is 1. The Bertz CT molecular complexity index is 383. The summed E-state index contributed by atoms with van der Waals surface area (Å²) < 4.78 is 36.7. The third kappa shape index (κ3) is 1.87. The van der Waals surface area contributed by atoms with Gasteiger partial charge in [0.2, 0.25) is 0 Å². The standard InChI is InChI=1S/C7H3BrF3NO2/c8-3-4(9)2(7(13)14)1-12-5(3)6(10)11/h1,6H,(H,13,14). The van der Waals surface area contributed by atoms with Crippen molar-refractivity contribution in [2.75, 3.05) is 0 Å². The average molecular weight is 270 g/mol. The topological polar surface area (TPSA) is 50.2 Å². The minimum Gasteiger partial charge on any atom is -0.478 e. The van der Waals surface area contributed by atoms with Gasteiger partial charge in [0.15, 0.2) is 5.82 Å². The van der Waals surface area contributed by atoms with Crippen molar-refractivity contribution in [1.29, 1.82) is 0 Å². The molecule has 14 heavy (non-hydrogen) atoms. The van der Waals surface area contributed by atoms with Crippen molar-refractivity contribution in [1.82, 2.24) is 4.98 Å². The summed E-state index contributed by atoms with van der Waals surface area (Å²) >= 11 is 2.52. The van der Waals surface area contributed by atoms with E-state index in [1.165, 1.54) is 0 Å². The van der Waals surface area contributed by atoms with Crippen LogP contribution < -0.4 is 0 Å². The predicted octanol–water partition coefficient (Wildman–Crippen LogP) is 2.62. The van der Waals surface area contributed by atoms with E-state index in [-0.39, 0.29) is 0 Å². The highest BCUT2D eigenvalue weighted by molar-refractivity contribution is 9.10. The first-order valence-corrected chi connectivity index (χ1v) is 4.09. The van der Waals surface area contributed by atoms with Crippen LogP contribution in [0.1, 0.15) is 22.5 Å². The van der Waals surface area contributed by atoms with Crippen LogP contribution in [0.3, 0.4) is 0 Å². The van der Waals surface area contributed by atoms with Crippen molar-refractivity contribution in [3.63, 3.8) is 0 Å². The van der Waals surface area contributed by atoms with Gasteiger partial charge in [-0.2, -0.15) is 0 Å². The molecule has 0 spiro atoms. The molecule has 7 heteroatoms. The van der Waals surface area contributed by atoms with Crippen molar-refractivity contribution >= 4 is 21.9 Å². The quantitative estimate of drug-likeness (QED) is 0.898. The molecule has 0 aliphatic heterocycles. The molecule has 1 N–H and O–H groups in total. The summed E-state index contributed by atoms with van der Waals surface area (Å²) in [6.07, 6.45) is -2.40. The first-order valence-electron chi connectivity index (χ1n) is 3.30. The van der Waals surface area contributed by atoms with Crippen LogP contribution in [0.15, 0.2) is 10.7 Å². The number of aromatic carboxylic acids is 1. The fourth-order valence-electron chi connectivity index (χ4n) is 0.779. The van der Waals surface area contributed by atoms with Crippen LogP contribution in [0.4, 0.5) is 13.2 Å². The highest BCUT2D eigenvalue weighted by Gasteiger charge is 2.21. The van der Waals surface area contributed by atoms with Crippen LogP contribution in [0.25, 0.3) is 0 Å². The van der Waals surface area contributed by atoms with Gasteiger partial charge in [-0.3, -0.25) is 4.98 Å². The molecule has 0 aromatic carbocycles. The molecule has 0 amide bonds. The van der Waals surface area contributed by atoms with Gasteiger partial charge >= 0.3 is 5.97 Å². The van der Waals surface area contributed by atoms with Gasteiger partial charge in [0.1, 0.15) is 11.3 Å². The van der Waals surface area contributed by atoms with Crippen molar-refractivity contribution in [3.8, 4) is 0 Å². The van der Waals surface area contributed by atoms with Crippen LogP contribution in [0.5, 0.6) is 0 Å². The summed E-state index contributed by atoms with van der Waals surface area (Å²) in [5.74, 6) is -2.81. The molecular weight excluding hydrogens is 267 g/mol. The summed E-state index contributed by atoms with van der Waals surface area (Å²) in [4.78, 5) is 13.5. The van der Waals surface area contributed by atoms with Crippen molar-refractivity contribution in [2.45, 2.75) is 6.43 Å². The third-order valence-corrected chi connectivity index (χ3v) is 2.18. The highest BCUT2D eigenvalue weighted by Crippen LogP contribution is 2.28. The number of aromatic nitrogens is 1. The summed E-state index contributed by atoms with van der Waals surface area (Å²) in [5, 5.41) is 8.43. The van der Waals surface area contributed by atoms with E-state index in [0.717, 1.165) is 0 Å². The van der Waals surface area contributed by atoms with Crippen LogP contribution in [0.2, 0.25) is 0 Å². The number of alkyl halides is 2. The maximum atomic E-state index is 13.1. The molecular formula is C7H3BrF3NO2. The lowest BCUT2D eigenvalue weighted by Crippen LogP contribution is -2.05. The molecule has 1 aromatic heterocycles. The van der Waals surface area contributed by atoms with E-state index in [4.69, 9.17) is 5.11 Å². The van der Waals surface area contributed by atoms with E-state index in [9.17, 15) is 18.0 Å². The summed E-state index contributed by atoms with van der Waals surface area (Å²) in [6, 6.07) is 0. The predicted molar refractivity (Wildman–Crippen MR) is 43.8 cm³/mol. The van der Waals surface area contributed by atoms with Gasteiger partial charge in [0.05, 0.1) is 4.47 Å². The lowest BCUT2D eigenvalue weighted by atomic mass is 10.2. The maximum Gasteiger partial charge on any atom is 0.340 e. The van der Waals surface area contributed by atoms with Crippen LogP contribution in [0, 0.1) is 5.82 Å². The zero-order chi connectivity index (χ0) is 10.9. The first kappa shape index (κ1) is 11.0. The van der Waals surface area contributed by atoms with Gasteiger partial charge in [-0.15, -0.1) is 0 Å². The monoisotopic (exact) mass is 269 g/mol. The van der Waals surface area contributed by atoms with E-state index in [2.05, 4.69) is 20.9 Å². The van der Waals surface area contributed by atoms with E-state index in [1.54, 1.807) is 0 Å². The second-order valence-corrected chi connectivity index (χ2v) is 3.08. The Morgan fingerprint density at radius 1 is 1.57 bits per heavy atom. The lowest BCUT2D eigenvalue weighted by molar-refractivity contribution is 0.0690. The molecule has 0 saturated heterocycles. The minimum atomic E-state index is -2.96. The summed E-state index contributed by atoms with van der Waals surface area (Å²) in [7, 11) is 0. The first-order chi connectivity index (χ1) is 6.45. The Hall–Kier alpha value is -1.11. The SMILES string of the molecule is O=C(O)c1cnc(C(F)F)c(Br)c1F. The number of hydrogen-bond acceptors (Lipinski definition) is 2. The number of carboxylic acids is 1.